The quantitative estimate of drug-likeness (QED) is 0.762. The lowest BCUT2D eigenvalue weighted by atomic mass is 10.3. The van der Waals surface area contributed by atoms with Gasteiger partial charge in [0.1, 0.15) is 6.10 Å². The van der Waals surface area contributed by atoms with E-state index in [4.69, 9.17) is 10.5 Å². The standard InChI is InChI=1S/C10H15N3O/c1-7-10(13-5-4-12-7)14-9-3-2-8(11)6-9/h4-5,8-9H,2-3,6,11H2,1H3. The van der Waals surface area contributed by atoms with Crippen LogP contribution in [0, 0.1) is 6.92 Å². The van der Waals surface area contributed by atoms with Gasteiger partial charge in [0.2, 0.25) is 5.88 Å². The third-order valence-corrected chi connectivity index (χ3v) is 2.54. The lowest BCUT2D eigenvalue weighted by Crippen LogP contribution is -2.19. The van der Waals surface area contributed by atoms with E-state index in [0.29, 0.717) is 5.88 Å². The van der Waals surface area contributed by atoms with E-state index in [1.54, 1.807) is 12.4 Å². The smallest absolute Gasteiger partial charge is 0.235 e. The molecule has 2 rings (SSSR count). The third kappa shape index (κ3) is 2.01. The number of hydrogen-bond acceptors (Lipinski definition) is 4. The van der Waals surface area contributed by atoms with Gasteiger partial charge >= 0.3 is 0 Å². The third-order valence-electron chi connectivity index (χ3n) is 2.54. The number of rotatable bonds is 2. The van der Waals surface area contributed by atoms with Crippen LogP contribution in [0.4, 0.5) is 0 Å². The average Bonchev–Trinajstić information content (AvgIpc) is 2.56. The summed E-state index contributed by atoms with van der Waals surface area (Å²) < 4.78 is 5.72. The van der Waals surface area contributed by atoms with Crippen LogP contribution in [0.3, 0.4) is 0 Å². The SMILES string of the molecule is Cc1nccnc1OC1CCC(N)C1. The Hall–Kier alpha value is -1.16. The van der Waals surface area contributed by atoms with E-state index in [2.05, 4.69) is 9.97 Å². The molecule has 1 heterocycles. The van der Waals surface area contributed by atoms with E-state index in [1.165, 1.54) is 0 Å². The van der Waals surface area contributed by atoms with Gasteiger partial charge < -0.3 is 10.5 Å². The normalized spacial score (nSPS) is 26.4. The van der Waals surface area contributed by atoms with Gasteiger partial charge in [-0.05, 0) is 26.2 Å². The number of aryl methyl sites for hydroxylation is 1. The molecule has 0 spiro atoms. The Labute approximate surface area is 83.5 Å². The zero-order valence-corrected chi connectivity index (χ0v) is 8.31. The van der Waals surface area contributed by atoms with Gasteiger partial charge in [0, 0.05) is 18.4 Å². The molecule has 4 heteroatoms. The maximum atomic E-state index is 5.80. The molecule has 0 aromatic carbocycles. The summed E-state index contributed by atoms with van der Waals surface area (Å²) in [5, 5.41) is 0. The van der Waals surface area contributed by atoms with Crippen LogP contribution >= 0.6 is 0 Å². The Kier molecular flexibility index (Phi) is 2.63. The molecule has 1 saturated carbocycles. The maximum Gasteiger partial charge on any atom is 0.235 e. The molecule has 0 bridgehead atoms. The van der Waals surface area contributed by atoms with E-state index >= 15 is 0 Å². The van der Waals surface area contributed by atoms with Gasteiger partial charge in [-0.2, -0.15) is 0 Å². The van der Waals surface area contributed by atoms with Crippen molar-refractivity contribution < 1.29 is 4.74 Å². The van der Waals surface area contributed by atoms with Crippen molar-refractivity contribution in [1.29, 1.82) is 0 Å². The molecule has 2 unspecified atom stereocenters. The molecule has 76 valence electrons. The van der Waals surface area contributed by atoms with Gasteiger partial charge in [0.05, 0.1) is 5.69 Å². The van der Waals surface area contributed by atoms with Crippen molar-refractivity contribution in [2.45, 2.75) is 38.3 Å². The summed E-state index contributed by atoms with van der Waals surface area (Å²) in [5.74, 6) is 0.645. The summed E-state index contributed by atoms with van der Waals surface area (Å²) in [6.45, 7) is 1.90. The highest BCUT2D eigenvalue weighted by Gasteiger charge is 2.23. The maximum absolute atomic E-state index is 5.80. The molecule has 2 atom stereocenters. The molecular formula is C10H15N3O. The Morgan fingerprint density at radius 2 is 2.14 bits per heavy atom. The minimum absolute atomic E-state index is 0.223. The van der Waals surface area contributed by atoms with Gasteiger partial charge in [-0.25, -0.2) is 4.98 Å². The monoisotopic (exact) mass is 193 g/mol. The first kappa shape index (κ1) is 9.40. The van der Waals surface area contributed by atoms with E-state index in [9.17, 15) is 0 Å². The fourth-order valence-corrected chi connectivity index (χ4v) is 1.75. The van der Waals surface area contributed by atoms with Crippen molar-refractivity contribution in [3.63, 3.8) is 0 Å². The lowest BCUT2D eigenvalue weighted by molar-refractivity contribution is 0.197. The number of nitrogens with two attached hydrogens (primary N) is 1. The highest BCUT2D eigenvalue weighted by Crippen LogP contribution is 2.23. The van der Waals surface area contributed by atoms with Crippen molar-refractivity contribution >= 4 is 0 Å². The van der Waals surface area contributed by atoms with Crippen molar-refractivity contribution in [2.75, 3.05) is 0 Å². The van der Waals surface area contributed by atoms with Crippen molar-refractivity contribution in [2.24, 2.45) is 5.73 Å². The summed E-state index contributed by atoms with van der Waals surface area (Å²) in [4.78, 5) is 8.26. The lowest BCUT2D eigenvalue weighted by Gasteiger charge is -2.13. The molecule has 1 fully saturated rings. The Balaban J connectivity index is 2.01. The molecule has 1 aliphatic carbocycles. The zero-order valence-electron chi connectivity index (χ0n) is 8.31. The molecule has 0 amide bonds. The van der Waals surface area contributed by atoms with Crippen molar-refractivity contribution in [3.8, 4) is 5.88 Å². The molecule has 0 saturated heterocycles. The van der Waals surface area contributed by atoms with Crippen LogP contribution in [0.25, 0.3) is 0 Å². The summed E-state index contributed by atoms with van der Waals surface area (Å²) in [5.41, 5.74) is 6.64. The van der Waals surface area contributed by atoms with E-state index in [0.717, 1.165) is 25.0 Å². The molecule has 1 aromatic rings. The molecule has 2 N–H and O–H groups in total. The van der Waals surface area contributed by atoms with Crippen LogP contribution in [-0.2, 0) is 0 Å². The molecule has 1 aromatic heterocycles. The molecule has 0 aliphatic heterocycles. The minimum Gasteiger partial charge on any atom is -0.473 e. The highest BCUT2D eigenvalue weighted by molar-refractivity contribution is 5.15. The topological polar surface area (TPSA) is 61.0 Å². The van der Waals surface area contributed by atoms with E-state index in [1.807, 2.05) is 6.92 Å². The van der Waals surface area contributed by atoms with Crippen LogP contribution in [0.2, 0.25) is 0 Å². The number of ether oxygens (including phenoxy) is 1. The molecule has 4 nitrogen and oxygen atoms in total. The first-order valence-electron chi connectivity index (χ1n) is 4.95. The first-order chi connectivity index (χ1) is 6.75. The van der Waals surface area contributed by atoms with Gasteiger partial charge in [0.25, 0.3) is 0 Å². The Morgan fingerprint density at radius 3 is 2.79 bits per heavy atom. The summed E-state index contributed by atoms with van der Waals surface area (Å²) in [6.07, 6.45) is 6.54. The first-order valence-corrected chi connectivity index (χ1v) is 4.95. The average molecular weight is 193 g/mol. The van der Waals surface area contributed by atoms with Crippen molar-refractivity contribution in [1.82, 2.24) is 9.97 Å². The Bertz CT molecular complexity index is 316. The fraction of sp³-hybridized carbons (Fsp3) is 0.600. The fourth-order valence-electron chi connectivity index (χ4n) is 1.75. The predicted molar refractivity (Wildman–Crippen MR) is 53.0 cm³/mol. The van der Waals surface area contributed by atoms with Gasteiger partial charge in [-0.15, -0.1) is 0 Å². The van der Waals surface area contributed by atoms with Gasteiger partial charge in [-0.3, -0.25) is 4.98 Å². The largest absolute Gasteiger partial charge is 0.473 e. The van der Waals surface area contributed by atoms with Gasteiger partial charge in [0.15, 0.2) is 0 Å². The van der Waals surface area contributed by atoms with Gasteiger partial charge in [-0.1, -0.05) is 0 Å². The molecule has 14 heavy (non-hydrogen) atoms. The minimum atomic E-state index is 0.223. The predicted octanol–water partition coefficient (Wildman–Crippen LogP) is 1.04. The van der Waals surface area contributed by atoms with Crippen molar-refractivity contribution in [3.05, 3.63) is 18.1 Å². The number of nitrogens with zero attached hydrogens (tertiary/aromatic N) is 2. The van der Waals surface area contributed by atoms with Crippen LogP contribution in [0.15, 0.2) is 12.4 Å². The van der Waals surface area contributed by atoms with E-state index in [-0.39, 0.29) is 12.1 Å². The summed E-state index contributed by atoms with van der Waals surface area (Å²) in [6, 6.07) is 0.289. The summed E-state index contributed by atoms with van der Waals surface area (Å²) in [7, 11) is 0. The summed E-state index contributed by atoms with van der Waals surface area (Å²) >= 11 is 0. The van der Waals surface area contributed by atoms with Crippen LogP contribution in [0.5, 0.6) is 5.88 Å². The molecule has 0 radical (unpaired) electrons. The molecule has 1 aliphatic rings. The van der Waals surface area contributed by atoms with E-state index < -0.39 is 0 Å². The molecular weight excluding hydrogens is 178 g/mol. The van der Waals surface area contributed by atoms with Crippen LogP contribution in [-0.4, -0.2) is 22.1 Å². The number of hydrogen-bond donors (Lipinski definition) is 1. The zero-order chi connectivity index (χ0) is 9.97. The highest BCUT2D eigenvalue weighted by atomic mass is 16.5. The van der Waals surface area contributed by atoms with Crippen LogP contribution in [0.1, 0.15) is 25.0 Å². The second-order valence-corrected chi connectivity index (χ2v) is 3.76. The Morgan fingerprint density at radius 1 is 1.36 bits per heavy atom. The second kappa shape index (κ2) is 3.92. The number of aromatic nitrogens is 2. The second-order valence-electron chi connectivity index (χ2n) is 3.76. The van der Waals surface area contributed by atoms with Crippen LogP contribution < -0.4 is 10.5 Å².